The predicted octanol–water partition coefficient (Wildman–Crippen LogP) is 3.93. The molecule has 0 atom stereocenters. The molecular weight excluding hydrogens is 411 g/mol. The van der Waals surface area contributed by atoms with Crippen molar-refractivity contribution in [3.63, 3.8) is 0 Å². The maximum Gasteiger partial charge on any atom is 0.191 e. The highest BCUT2D eigenvalue weighted by atomic mass is 127. The largest absolute Gasteiger partial charge is 0.364 e. The van der Waals surface area contributed by atoms with E-state index in [0.29, 0.717) is 0 Å². The normalized spacial score (nSPS) is 13.8. The van der Waals surface area contributed by atoms with Gasteiger partial charge in [-0.3, -0.25) is 4.99 Å². The number of anilines is 1. The molecule has 0 saturated carbocycles. The Morgan fingerprint density at radius 1 is 1.12 bits per heavy atom. The Bertz CT molecular complexity index is 520. The van der Waals surface area contributed by atoms with Crippen LogP contribution in [0.4, 0.5) is 5.69 Å². The Labute approximate surface area is 163 Å². The second-order valence-electron chi connectivity index (χ2n) is 5.96. The van der Waals surface area contributed by atoms with E-state index in [-0.39, 0.29) is 24.0 Å². The molecule has 0 aliphatic carbocycles. The van der Waals surface area contributed by atoms with Crippen molar-refractivity contribution >= 4 is 35.6 Å². The van der Waals surface area contributed by atoms with Crippen molar-refractivity contribution in [3.05, 3.63) is 42.0 Å². The highest BCUT2D eigenvalue weighted by molar-refractivity contribution is 14.0. The Kier molecular flexibility index (Phi) is 10.5. The van der Waals surface area contributed by atoms with Crippen molar-refractivity contribution in [1.29, 1.82) is 0 Å². The lowest BCUT2D eigenvalue weighted by atomic mass is 10.2. The molecule has 134 valence electrons. The van der Waals surface area contributed by atoms with Gasteiger partial charge in [0.05, 0.1) is 0 Å². The number of hydrogen-bond donors (Lipinski definition) is 2. The number of hydrogen-bond acceptors (Lipinski definition) is 2. The van der Waals surface area contributed by atoms with Gasteiger partial charge in [0, 0.05) is 38.9 Å². The van der Waals surface area contributed by atoms with E-state index in [1.165, 1.54) is 36.9 Å². The summed E-state index contributed by atoms with van der Waals surface area (Å²) < 4.78 is 0. The minimum absolute atomic E-state index is 0. The quantitative estimate of drug-likeness (QED) is 0.211. The maximum absolute atomic E-state index is 4.29. The molecule has 24 heavy (non-hydrogen) atoms. The molecule has 0 aromatic heterocycles. The minimum Gasteiger partial charge on any atom is -0.364 e. The van der Waals surface area contributed by atoms with Gasteiger partial charge in [-0.15, -0.1) is 24.0 Å². The summed E-state index contributed by atoms with van der Waals surface area (Å²) in [5.41, 5.74) is 2.57. The molecule has 1 aliphatic rings. The van der Waals surface area contributed by atoms with Crippen LogP contribution in [0, 0.1) is 0 Å². The Morgan fingerprint density at radius 2 is 1.92 bits per heavy atom. The summed E-state index contributed by atoms with van der Waals surface area (Å²) in [6.45, 7) is 6.04. The standard InChI is InChI=1S/C19H30N4.HI/c1-3-4-5-6-12-21-19(20-2)22-16-17-10-9-11-18(15-17)23-13-7-8-14-23;/h7-11,15H,3-6,12-14,16H2,1-2H3,(H2,20,21,22);1H. The van der Waals surface area contributed by atoms with E-state index in [2.05, 4.69) is 63.9 Å². The van der Waals surface area contributed by atoms with E-state index < -0.39 is 0 Å². The monoisotopic (exact) mass is 442 g/mol. The van der Waals surface area contributed by atoms with Gasteiger partial charge in [0.1, 0.15) is 0 Å². The van der Waals surface area contributed by atoms with Gasteiger partial charge >= 0.3 is 0 Å². The molecule has 0 amide bonds. The summed E-state index contributed by atoms with van der Waals surface area (Å²) in [5, 5.41) is 6.79. The molecule has 0 spiro atoms. The molecule has 1 aromatic carbocycles. The van der Waals surface area contributed by atoms with Crippen molar-refractivity contribution in [3.8, 4) is 0 Å². The van der Waals surface area contributed by atoms with Gasteiger partial charge < -0.3 is 15.5 Å². The smallest absolute Gasteiger partial charge is 0.191 e. The highest BCUT2D eigenvalue weighted by Crippen LogP contribution is 2.18. The fraction of sp³-hybridized carbons (Fsp3) is 0.526. The van der Waals surface area contributed by atoms with Crippen LogP contribution in [0.3, 0.4) is 0 Å². The summed E-state index contributed by atoms with van der Waals surface area (Å²) in [7, 11) is 1.83. The van der Waals surface area contributed by atoms with Crippen molar-refractivity contribution in [2.24, 2.45) is 4.99 Å². The third kappa shape index (κ3) is 7.11. The second kappa shape index (κ2) is 12.2. The molecule has 2 N–H and O–H groups in total. The third-order valence-electron chi connectivity index (χ3n) is 4.10. The van der Waals surface area contributed by atoms with E-state index in [1.807, 2.05) is 7.05 Å². The molecule has 4 nitrogen and oxygen atoms in total. The molecule has 0 bridgehead atoms. The van der Waals surface area contributed by atoms with Crippen LogP contribution < -0.4 is 15.5 Å². The number of guanidine groups is 1. The van der Waals surface area contributed by atoms with Crippen LogP contribution in [0.5, 0.6) is 0 Å². The zero-order valence-electron chi connectivity index (χ0n) is 14.9. The molecule has 0 fully saturated rings. The first-order valence-corrected chi connectivity index (χ1v) is 8.77. The van der Waals surface area contributed by atoms with Gasteiger partial charge in [0.15, 0.2) is 5.96 Å². The molecule has 1 aromatic rings. The first-order chi connectivity index (χ1) is 11.3. The number of unbranched alkanes of at least 4 members (excludes halogenated alkanes) is 3. The number of nitrogens with zero attached hydrogens (tertiary/aromatic N) is 2. The van der Waals surface area contributed by atoms with Gasteiger partial charge in [-0.05, 0) is 24.1 Å². The minimum atomic E-state index is 0. The molecule has 0 radical (unpaired) electrons. The number of benzene rings is 1. The molecule has 0 unspecified atom stereocenters. The number of rotatable bonds is 8. The van der Waals surface area contributed by atoms with Gasteiger partial charge in [0.25, 0.3) is 0 Å². The SMILES string of the molecule is CCCCCCNC(=NC)NCc1cccc(N2CC=CC2)c1.I. The molecule has 5 heteroatoms. The summed E-state index contributed by atoms with van der Waals surface area (Å²) in [6.07, 6.45) is 9.50. The van der Waals surface area contributed by atoms with E-state index in [4.69, 9.17) is 0 Å². The Morgan fingerprint density at radius 3 is 2.62 bits per heavy atom. The summed E-state index contributed by atoms with van der Waals surface area (Å²) in [4.78, 5) is 6.66. The van der Waals surface area contributed by atoms with Crippen LogP contribution in [-0.2, 0) is 6.54 Å². The number of aliphatic imine (C=N–C) groups is 1. The molecule has 1 aliphatic heterocycles. The van der Waals surface area contributed by atoms with Crippen molar-refractivity contribution < 1.29 is 0 Å². The van der Waals surface area contributed by atoms with Crippen molar-refractivity contribution in [1.82, 2.24) is 10.6 Å². The van der Waals surface area contributed by atoms with Crippen LogP contribution in [-0.4, -0.2) is 32.6 Å². The summed E-state index contributed by atoms with van der Waals surface area (Å²) in [6, 6.07) is 8.73. The lowest BCUT2D eigenvalue weighted by Gasteiger charge is -2.19. The van der Waals surface area contributed by atoms with Crippen LogP contribution in [0.1, 0.15) is 38.2 Å². The fourth-order valence-electron chi connectivity index (χ4n) is 2.72. The highest BCUT2D eigenvalue weighted by Gasteiger charge is 2.08. The van der Waals surface area contributed by atoms with E-state index in [1.54, 1.807) is 0 Å². The molecule has 1 heterocycles. The molecular formula is C19H31IN4. The number of nitrogens with one attached hydrogen (secondary N) is 2. The van der Waals surface area contributed by atoms with E-state index >= 15 is 0 Å². The summed E-state index contributed by atoms with van der Waals surface area (Å²) in [5.74, 6) is 0.884. The zero-order chi connectivity index (χ0) is 16.3. The van der Waals surface area contributed by atoms with Gasteiger partial charge in [0.2, 0.25) is 0 Å². The topological polar surface area (TPSA) is 39.7 Å². The Balaban J connectivity index is 0.00000288. The first-order valence-electron chi connectivity index (χ1n) is 8.77. The molecule has 0 saturated heterocycles. The Hall–Kier alpha value is -1.24. The maximum atomic E-state index is 4.29. The van der Waals surface area contributed by atoms with Crippen molar-refractivity contribution in [2.75, 3.05) is 31.6 Å². The van der Waals surface area contributed by atoms with Crippen LogP contribution in [0.15, 0.2) is 41.4 Å². The van der Waals surface area contributed by atoms with Gasteiger partial charge in [-0.2, -0.15) is 0 Å². The third-order valence-corrected chi connectivity index (χ3v) is 4.10. The summed E-state index contributed by atoms with van der Waals surface area (Å²) >= 11 is 0. The van der Waals surface area contributed by atoms with Crippen LogP contribution >= 0.6 is 24.0 Å². The lowest BCUT2D eigenvalue weighted by Crippen LogP contribution is -2.37. The molecule has 2 rings (SSSR count). The van der Waals surface area contributed by atoms with Crippen LogP contribution in [0.25, 0.3) is 0 Å². The van der Waals surface area contributed by atoms with E-state index in [0.717, 1.165) is 32.1 Å². The predicted molar refractivity (Wildman–Crippen MR) is 116 cm³/mol. The fourth-order valence-corrected chi connectivity index (χ4v) is 2.72. The first kappa shape index (κ1) is 20.8. The lowest BCUT2D eigenvalue weighted by molar-refractivity contribution is 0.647. The zero-order valence-corrected chi connectivity index (χ0v) is 17.3. The average molecular weight is 442 g/mol. The van der Waals surface area contributed by atoms with Crippen LogP contribution in [0.2, 0.25) is 0 Å². The second-order valence-corrected chi connectivity index (χ2v) is 5.96. The number of halogens is 1. The van der Waals surface area contributed by atoms with Gasteiger partial charge in [-0.25, -0.2) is 0 Å². The van der Waals surface area contributed by atoms with Crippen molar-refractivity contribution in [2.45, 2.75) is 39.2 Å². The van der Waals surface area contributed by atoms with E-state index in [9.17, 15) is 0 Å². The van der Waals surface area contributed by atoms with Gasteiger partial charge in [-0.1, -0.05) is 50.5 Å². The average Bonchev–Trinajstić information content (AvgIpc) is 3.12.